The maximum atomic E-state index is 12.7. The van der Waals surface area contributed by atoms with Gasteiger partial charge in [0, 0.05) is 16.8 Å². The van der Waals surface area contributed by atoms with Crippen LogP contribution >= 0.6 is 0 Å². The van der Waals surface area contributed by atoms with Crippen molar-refractivity contribution in [1.29, 1.82) is 0 Å². The summed E-state index contributed by atoms with van der Waals surface area (Å²) < 4.78 is 33.4. The van der Waals surface area contributed by atoms with E-state index in [0.717, 1.165) is 22.6 Å². The number of anilines is 1. The molecule has 29 heavy (non-hydrogen) atoms. The largest absolute Gasteiger partial charge is 0.466 e. The summed E-state index contributed by atoms with van der Waals surface area (Å²) in [6, 6.07) is 14.6. The summed E-state index contributed by atoms with van der Waals surface area (Å²) in [5, 5.41) is 2.89. The standard InChI is InChI=1S/C22H24N2O4S/c1-14-8-10-19(11-9-14)24-29(26,27)20-7-5-6-18(13-20)22(25)23-16(3)21-12-15(2)28-17(21)4/h5-13,16,24H,1-4H3,(H,23,25). The Hall–Kier alpha value is -3.06. The van der Waals surface area contributed by atoms with Gasteiger partial charge >= 0.3 is 0 Å². The molecule has 0 saturated carbocycles. The van der Waals surface area contributed by atoms with Crippen LogP contribution < -0.4 is 10.0 Å². The van der Waals surface area contributed by atoms with Crippen LogP contribution in [0.3, 0.4) is 0 Å². The molecule has 152 valence electrons. The van der Waals surface area contributed by atoms with Crippen LogP contribution in [0.1, 0.15) is 46.0 Å². The maximum absolute atomic E-state index is 12.7. The van der Waals surface area contributed by atoms with Gasteiger partial charge in [-0.15, -0.1) is 0 Å². The molecule has 3 rings (SSSR count). The number of carbonyl (C=O) groups is 1. The molecule has 7 heteroatoms. The van der Waals surface area contributed by atoms with Crippen molar-refractivity contribution in [2.75, 3.05) is 4.72 Å². The highest BCUT2D eigenvalue weighted by molar-refractivity contribution is 7.92. The second-order valence-electron chi connectivity index (χ2n) is 7.06. The summed E-state index contributed by atoms with van der Waals surface area (Å²) in [6.07, 6.45) is 0. The molecule has 2 N–H and O–H groups in total. The van der Waals surface area contributed by atoms with Gasteiger partial charge in [-0.05, 0) is 64.1 Å². The summed E-state index contributed by atoms with van der Waals surface area (Å²) in [4.78, 5) is 12.7. The predicted octanol–water partition coefficient (Wildman–Crippen LogP) is 4.50. The highest BCUT2D eigenvalue weighted by Gasteiger charge is 2.19. The average Bonchev–Trinajstić information content (AvgIpc) is 3.02. The Morgan fingerprint density at radius 2 is 1.69 bits per heavy atom. The van der Waals surface area contributed by atoms with Crippen LogP contribution in [0.15, 0.2) is 63.9 Å². The Kier molecular flexibility index (Phi) is 5.79. The number of hydrogen-bond donors (Lipinski definition) is 2. The first-order valence-electron chi connectivity index (χ1n) is 9.23. The molecule has 1 amide bonds. The first kappa shape index (κ1) is 20.7. The molecule has 1 atom stereocenters. The zero-order chi connectivity index (χ0) is 21.2. The molecular weight excluding hydrogens is 388 g/mol. The Bertz CT molecular complexity index is 1130. The third-order valence-electron chi connectivity index (χ3n) is 4.60. The fourth-order valence-electron chi connectivity index (χ4n) is 3.08. The molecule has 1 heterocycles. The summed E-state index contributed by atoms with van der Waals surface area (Å²) in [5.74, 6) is 1.16. The van der Waals surface area contributed by atoms with Gasteiger partial charge in [0.15, 0.2) is 0 Å². The Morgan fingerprint density at radius 1 is 1.00 bits per heavy atom. The minimum absolute atomic E-state index is 0.0220. The molecule has 0 fully saturated rings. The van der Waals surface area contributed by atoms with Crippen LogP contribution in [0, 0.1) is 20.8 Å². The Balaban J connectivity index is 1.78. The van der Waals surface area contributed by atoms with Crippen molar-refractivity contribution in [2.24, 2.45) is 0 Å². The number of benzene rings is 2. The highest BCUT2D eigenvalue weighted by atomic mass is 32.2. The smallest absolute Gasteiger partial charge is 0.261 e. The van der Waals surface area contributed by atoms with Crippen LogP contribution in [-0.2, 0) is 10.0 Å². The van der Waals surface area contributed by atoms with E-state index in [2.05, 4.69) is 10.0 Å². The Morgan fingerprint density at radius 3 is 2.31 bits per heavy atom. The van der Waals surface area contributed by atoms with Crippen molar-refractivity contribution in [1.82, 2.24) is 5.32 Å². The molecule has 2 aromatic carbocycles. The molecule has 0 spiro atoms. The van der Waals surface area contributed by atoms with Crippen LogP contribution in [-0.4, -0.2) is 14.3 Å². The molecule has 1 unspecified atom stereocenters. The molecular formula is C22H24N2O4S. The van der Waals surface area contributed by atoms with E-state index in [0.29, 0.717) is 5.69 Å². The zero-order valence-corrected chi connectivity index (χ0v) is 17.6. The molecule has 1 aromatic heterocycles. The van der Waals surface area contributed by atoms with Gasteiger partial charge in [-0.1, -0.05) is 23.8 Å². The molecule has 0 bridgehead atoms. The van der Waals surface area contributed by atoms with E-state index >= 15 is 0 Å². The molecule has 3 aromatic rings. The predicted molar refractivity (Wildman–Crippen MR) is 112 cm³/mol. The summed E-state index contributed by atoms with van der Waals surface area (Å²) in [6.45, 7) is 7.47. The second-order valence-corrected chi connectivity index (χ2v) is 8.75. The average molecular weight is 413 g/mol. The fourth-order valence-corrected chi connectivity index (χ4v) is 4.18. The minimum atomic E-state index is -3.81. The van der Waals surface area contributed by atoms with E-state index < -0.39 is 10.0 Å². The molecule has 0 aliphatic heterocycles. The van der Waals surface area contributed by atoms with E-state index in [1.807, 2.05) is 45.9 Å². The quantitative estimate of drug-likeness (QED) is 0.624. The van der Waals surface area contributed by atoms with Gasteiger partial charge in [0.1, 0.15) is 11.5 Å². The van der Waals surface area contributed by atoms with Crippen LogP contribution in [0.2, 0.25) is 0 Å². The van der Waals surface area contributed by atoms with E-state index in [-0.39, 0.29) is 22.4 Å². The number of sulfonamides is 1. The summed E-state index contributed by atoms with van der Waals surface area (Å²) >= 11 is 0. The second kappa shape index (κ2) is 8.13. The normalized spacial score (nSPS) is 12.4. The maximum Gasteiger partial charge on any atom is 0.261 e. The topological polar surface area (TPSA) is 88.4 Å². The first-order chi connectivity index (χ1) is 13.7. The first-order valence-corrected chi connectivity index (χ1v) is 10.7. The van der Waals surface area contributed by atoms with E-state index in [4.69, 9.17) is 4.42 Å². The number of nitrogens with one attached hydrogen (secondary N) is 2. The molecule has 0 aliphatic rings. The van der Waals surface area contributed by atoms with Gasteiger partial charge < -0.3 is 9.73 Å². The van der Waals surface area contributed by atoms with E-state index in [1.54, 1.807) is 24.3 Å². The van der Waals surface area contributed by atoms with Crippen LogP contribution in [0.5, 0.6) is 0 Å². The summed E-state index contributed by atoms with van der Waals surface area (Å²) in [7, 11) is -3.81. The SMILES string of the molecule is Cc1ccc(NS(=O)(=O)c2cccc(C(=O)NC(C)c3cc(C)oc3C)c2)cc1. The van der Waals surface area contributed by atoms with Crippen molar-refractivity contribution in [3.63, 3.8) is 0 Å². The van der Waals surface area contributed by atoms with Crippen molar-refractivity contribution >= 4 is 21.6 Å². The lowest BCUT2D eigenvalue weighted by Crippen LogP contribution is -2.27. The Labute approximate surface area is 171 Å². The number of aryl methyl sites for hydroxylation is 3. The van der Waals surface area contributed by atoms with Crippen molar-refractivity contribution in [3.05, 3.63) is 82.8 Å². The van der Waals surface area contributed by atoms with Crippen LogP contribution in [0.25, 0.3) is 0 Å². The van der Waals surface area contributed by atoms with Gasteiger partial charge in [-0.2, -0.15) is 0 Å². The lowest BCUT2D eigenvalue weighted by atomic mass is 10.1. The minimum Gasteiger partial charge on any atom is -0.466 e. The van der Waals surface area contributed by atoms with E-state index in [1.165, 1.54) is 12.1 Å². The van der Waals surface area contributed by atoms with Gasteiger partial charge in [-0.3, -0.25) is 9.52 Å². The lowest BCUT2D eigenvalue weighted by molar-refractivity contribution is 0.0939. The van der Waals surface area contributed by atoms with Gasteiger partial charge in [-0.25, -0.2) is 8.42 Å². The van der Waals surface area contributed by atoms with Crippen molar-refractivity contribution in [2.45, 2.75) is 38.6 Å². The third-order valence-corrected chi connectivity index (χ3v) is 5.98. The number of carbonyl (C=O) groups excluding carboxylic acids is 1. The van der Waals surface area contributed by atoms with E-state index in [9.17, 15) is 13.2 Å². The molecule has 0 aliphatic carbocycles. The fraction of sp³-hybridized carbons (Fsp3) is 0.227. The number of rotatable bonds is 6. The number of amides is 1. The van der Waals surface area contributed by atoms with Gasteiger partial charge in [0.25, 0.3) is 15.9 Å². The highest BCUT2D eigenvalue weighted by Crippen LogP contribution is 2.22. The van der Waals surface area contributed by atoms with Gasteiger partial charge in [0.05, 0.1) is 10.9 Å². The lowest BCUT2D eigenvalue weighted by Gasteiger charge is -2.14. The number of hydrogen-bond acceptors (Lipinski definition) is 4. The molecule has 0 saturated heterocycles. The zero-order valence-electron chi connectivity index (χ0n) is 16.8. The number of furan rings is 1. The third kappa shape index (κ3) is 4.86. The van der Waals surface area contributed by atoms with Gasteiger partial charge in [0.2, 0.25) is 0 Å². The monoisotopic (exact) mass is 412 g/mol. The van der Waals surface area contributed by atoms with Crippen LogP contribution in [0.4, 0.5) is 5.69 Å². The summed E-state index contributed by atoms with van der Waals surface area (Å²) in [5.41, 5.74) is 2.65. The molecule has 6 nitrogen and oxygen atoms in total. The van der Waals surface area contributed by atoms with Crippen molar-refractivity contribution in [3.8, 4) is 0 Å². The molecule has 0 radical (unpaired) electrons. The van der Waals surface area contributed by atoms with Crippen molar-refractivity contribution < 1.29 is 17.6 Å².